The second-order valence-electron chi connectivity index (χ2n) is 7.62. The Bertz CT molecular complexity index is 808. The number of aliphatic hydroxyl groups excluding tert-OH is 2. The van der Waals surface area contributed by atoms with Crippen LogP contribution in [0.15, 0.2) is 42.0 Å². The van der Waals surface area contributed by atoms with Gasteiger partial charge in [-0.15, -0.1) is 0 Å². The van der Waals surface area contributed by atoms with Gasteiger partial charge in [-0.2, -0.15) is 0 Å². The summed E-state index contributed by atoms with van der Waals surface area (Å²) >= 11 is 0. The highest BCUT2D eigenvalue weighted by molar-refractivity contribution is 5.76. The van der Waals surface area contributed by atoms with Crippen LogP contribution in [0.5, 0.6) is 0 Å². The average molecular weight is 373 g/mol. The van der Waals surface area contributed by atoms with E-state index >= 15 is 0 Å². The number of cyclic esters (lactones) is 1. The fraction of sp³-hybridized carbons (Fsp3) is 0.450. The van der Waals surface area contributed by atoms with Crippen LogP contribution in [0.25, 0.3) is 5.57 Å². The molecule has 1 aromatic carbocycles. The van der Waals surface area contributed by atoms with Crippen molar-refractivity contribution in [3.05, 3.63) is 57.7 Å². The summed E-state index contributed by atoms with van der Waals surface area (Å²) in [4.78, 5) is 21.9. The smallest absolute Gasteiger partial charge is 0.309 e. The lowest BCUT2D eigenvalue weighted by Crippen LogP contribution is -2.31. The molecule has 0 amide bonds. The van der Waals surface area contributed by atoms with Gasteiger partial charge in [0.2, 0.25) is 0 Å². The summed E-state index contributed by atoms with van der Waals surface area (Å²) in [7, 11) is 0. The van der Waals surface area contributed by atoms with E-state index in [0.717, 1.165) is 16.7 Å². The van der Waals surface area contributed by atoms with E-state index in [4.69, 9.17) is 4.74 Å². The lowest BCUT2D eigenvalue weighted by atomic mass is 9.82. The molecule has 1 heterocycles. The van der Waals surface area contributed by atoms with Gasteiger partial charge in [0.05, 0.1) is 23.6 Å². The Hall–Kier alpha value is -2.51. The van der Waals surface area contributed by atoms with Gasteiger partial charge in [-0.3, -0.25) is 14.9 Å². The molecule has 0 bridgehead atoms. The van der Waals surface area contributed by atoms with Crippen LogP contribution in [-0.2, 0) is 9.53 Å². The summed E-state index contributed by atoms with van der Waals surface area (Å²) in [5, 5.41) is 31.1. The number of carbonyl (C=O) groups excluding carboxylic acids is 1. The predicted molar refractivity (Wildman–Crippen MR) is 98.7 cm³/mol. The maximum atomic E-state index is 11.5. The number of esters is 1. The van der Waals surface area contributed by atoms with Gasteiger partial charge in [-0.25, -0.2) is 0 Å². The molecule has 144 valence electrons. The van der Waals surface area contributed by atoms with Gasteiger partial charge < -0.3 is 14.9 Å². The summed E-state index contributed by atoms with van der Waals surface area (Å²) in [5.41, 5.74) is 2.09. The van der Waals surface area contributed by atoms with Gasteiger partial charge >= 0.3 is 5.97 Å². The molecular weight excluding hydrogens is 350 g/mol. The monoisotopic (exact) mass is 373 g/mol. The van der Waals surface area contributed by atoms with Gasteiger partial charge in [-0.1, -0.05) is 19.9 Å². The van der Waals surface area contributed by atoms with Crippen molar-refractivity contribution in [2.24, 2.45) is 5.41 Å². The van der Waals surface area contributed by atoms with E-state index in [1.54, 1.807) is 18.2 Å². The third-order valence-corrected chi connectivity index (χ3v) is 5.34. The van der Waals surface area contributed by atoms with E-state index in [1.165, 1.54) is 12.1 Å². The Morgan fingerprint density at radius 2 is 1.89 bits per heavy atom. The number of hydrogen-bond donors (Lipinski definition) is 2. The van der Waals surface area contributed by atoms with Crippen LogP contribution in [-0.4, -0.2) is 39.4 Å². The van der Waals surface area contributed by atoms with Crippen molar-refractivity contribution in [2.45, 2.75) is 51.4 Å². The third kappa shape index (κ3) is 3.94. The first kappa shape index (κ1) is 19.3. The van der Waals surface area contributed by atoms with Gasteiger partial charge in [0, 0.05) is 30.4 Å². The summed E-state index contributed by atoms with van der Waals surface area (Å²) in [5.74, 6) is -0.432. The lowest BCUT2D eigenvalue weighted by molar-refractivity contribution is -0.384. The molecule has 1 fully saturated rings. The maximum Gasteiger partial charge on any atom is 0.309 e. The molecule has 0 aromatic heterocycles. The lowest BCUT2D eigenvalue weighted by Gasteiger charge is -2.27. The van der Waals surface area contributed by atoms with Crippen molar-refractivity contribution in [2.75, 3.05) is 0 Å². The van der Waals surface area contributed by atoms with Crippen molar-refractivity contribution in [1.82, 2.24) is 0 Å². The highest BCUT2D eigenvalue weighted by atomic mass is 16.6. The highest BCUT2D eigenvalue weighted by Gasteiger charge is 2.40. The highest BCUT2D eigenvalue weighted by Crippen LogP contribution is 2.47. The second kappa shape index (κ2) is 7.25. The first-order valence-electron chi connectivity index (χ1n) is 8.90. The van der Waals surface area contributed by atoms with E-state index in [0.29, 0.717) is 12.8 Å². The number of benzene rings is 1. The summed E-state index contributed by atoms with van der Waals surface area (Å²) in [6.07, 6.45) is 2.52. The molecule has 1 aliphatic carbocycles. The SMILES string of the molecule is CC1(C)C(/C=C/[C@H]2C[C@H](O)CC(=O)O2)=C(c2ccc([N+](=O)[O-])cc2)CC1O. The van der Waals surface area contributed by atoms with Crippen molar-refractivity contribution < 1.29 is 24.7 Å². The van der Waals surface area contributed by atoms with E-state index < -0.39 is 34.6 Å². The number of rotatable bonds is 4. The Morgan fingerprint density at radius 1 is 1.22 bits per heavy atom. The average Bonchev–Trinajstić information content (AvgIpc) is 2.82. The number of non-ortho nitro benzene ring substituents is 1. The van der Waals surface area contributed by atoms with Crippen LogP contribution in [0.4, 0.5) is 5.69 Å². The Labute approximate surface area is 157 Å². The zero-order valence-corrected chi connectivity index (χ0v) is 15.3. The number of carbonyl (C=O) groups is 1. The topological polar surface area (TPSA) is 110 Å². The minimum absolute atomic E-state index is 0.00525. The fourth-order valence-corrected chi connectivity index (χ4v) is 3.63. The molecule has 7 nitrogen and oxygen atoms in total. The molecule has 3 atom stereocenters. The first-order valence-corrected chi connectivity index (χ1v) is 8.90. The van der Waals surface area contributed by atoms with Crippen molar-refractivity contribution in [3.8, 4) is 0 Å². The molecule has 27 heavy (non-hydrogen) atoms. The molecule has 0 saturated carbocycles. The van der Waals surface area contributed by atoms with Crippen LogP contribution in [0, 0.1) is 15.5 Å². The zero-order chi connectivity index (χ0) is 19.8. The van der Waals surface area contributed by atoms with E-state index in [2.05, 4.69) is 0 Å². The van der Waals surface area contributed by atoms with Gasteiger partial charge in [0.15, 0.2) is 0 Å². The van der Waals surface area contributed by atoms with Crippen LogP contribution >= 0.6 is 0 Å². The number of nitro benzene ring substituents is 1. The van der Waals surface area contributed by atoms with Gasteiger partial charge in [-0.05, 0) is 34.9 Å². The van der Waals surface area contributed by atoms with Crippen molar-refractivity contribution in [1.29, 1.82) is 0 Å². The van der Waals surface area contributed by atoms with Gasteiger partial charge in [0.1, 0.15) is 6.10 Å². The summed E-state index contributed by atoms with van der Waals surface area (Å²) in [6, 6.07) is 6.25. The molecule has 3 rings (SSSR count). The van der Waals surface area contributed by atoms with Crippen LogP contribution in [0.1, 0.15) is 38.7 Å². The van der Waals surface area contributed by atoms with Crippen molar-refractivity contribution in [3.63, 3.8) is 0 Å². The first-order chi connectivity index (χ1) is 12.7. The largest absolute Gasteiger partial charge is 0.458 e. The Morgan fingerprint density at radius 3 is 2.48 bits per heavy atom. The molecule has 2 N–H and O–H groups in total. The number of ether oxygens (including phenoxy) is 1. The van der Waals surface area contributed by atoms with Crippen molar-refractivity contribution >= 4 is 17.2 Å². The van der Waals surface area contributed by atoms with Gasteiger partial charge in [0.25, 0.3) is 5.69 Å². The molecule has 2 aliphatic rings. The predicted octanol–water partition coefficient (Wildman–Crippen LogP) is 2.76. The second-order valence-corrected chi connectivity index (χ2v) is 7.62. The number of allylic oxidation sites excluding steroid dienone is 1. The zero-order valence-electron chi connectivity index (χ0n) is 15.3. The van der Waals surface area contributed by atoms with Crippen LogP contribution in [0.3, 0.4) is 0 Å². The molecule has 0 radical (unpaired) electrons. The number of hydrogen-bond acceptors (Lipinski definition) is 6. The molecule has 7 heteroatoms. The van der Waals surface area contributed by atoms with E-state index in [9.17, 15) is 25.1 Å². The summed E-state index contributed by atoms with van der Waals surface area (Å²) in [6.45, 7) is 3.86. The quantitative estimate of drug-likeness (QED) is 0.477. The normalized spacial score (nSPS) is 27.9. The molecule has 0 spiro atoms. The van der Waals surface area contributed by atoms with E-state index in [1.807, 2.05) is 19.9 Å². The van der Waals surface area contributed by atoms with Crippen LogP contribution < -0.4 is 0 Å². The molecule has 1 aliphatic heterocycles. The fourth-order valence-electron chi connectivity index (χ4n) is 3.63. The molecule has 1 unspecified atom stereocenters. The third-order valence-electron chi connectivity index (χ3n) is 5.34. The minimum atomic E-state index is -0.716. The number of nitrogens with zero attached hydrogens (tertiary/aromatic N) is 1. The van der Waals surface area contributed by atoms with E-state index in [-0.39, 0.29) is 12.1 Å². The maximum absolute atomic E-state index is 11.5. The summed E-state index contributed by atoms with van der Waals surface area (Å²) < 4.78 is 5.25. The minimum Gasteiger partial charge on any atom is -0.458 e. The standard InChI is InChI=1S/C20H23NO6/c1-20(2)17(8-7-15-9-14(22)10-19(24)27-15)16(11-18(20)23)12-3-5-13(6-4-12)21(25)26/h3-8,14-15,18,22-23H,9-11H2,1-2H3/b8-7+/t14-,15-,18?/m0/s1. The number of nitro groups is 1. The van der Waals surface area contributed by atoms with Crippen LogP contribution in [0.2, 0.25) is 0 Å². The Balaban J connectivity index is 1.93. The molecular formula is C20H23NO6. The Kier molecular flexibility index (Phi) is 5.17. The number of aliphatic hydroxyl groups is 2. The molecule has 1 aromatic rings. The molecule has 1 saturated heterocycles.